The zero-order valence-corrected chi connectivity index (χ0v) is 14.4. The summed E-state index contributed by atoms with van der Waals surface area (Å²) in [4.78, 5) is 20.9. The van der Waals surface area contributed by atoms with E-state index in [9.17, 15) is 4.79 Å². The summed E-state index contributed by atoms with van der Waals surface area (Å²) in [6.45, 7) is 1.90. The number of anilines is 1. The van der Waals surface area contributed by atoms with E-state index in [2.05, 4.69) is 15.3 Å². The molecule has 3 N–H and O–H groups in total. The highest BCUT2D eigenvalue weighted by atomic mass is 35.5. The molecule has 2 atom stereocenters. The van der Waals surface area contributed by atoms with Gasteiger partial charge in [-0.05, 0) is 38.3 Å². The first-order valence-electron chi connectivity index (χ1n) is 7.17. The number of nitrogens with two attached hydrogens (primary N) is 1. The maximum Gasteiger partial charge on any atom is 0.227 e. The summed E-state index contributed by atoms with van der Waals surface area (Å²) in [5.41, 5.74) is 6.58. The Bertz CT molecular complexity index is 661. The summed E-state index contributed by atoms with van der Waals surface area (Å²) >= 11 is 0. The highest BCUT2D eigenvalue weighted by Gasteiger charge is 2.28. The quantitative estimate of drug-likeness (QED) is 0.883. The van der Waals surface area contributed by atoms with Crippen LogP contribution in [0.4, 0.5) is 5.69 Å². The molecule has 1 aliphatic rings. The van der Waals surface area contributed by atoms with Crippen LogP contribution in [0, 0.1) is 12.8 Å². The first-order chi connectivity index (χ1) is 10.1. The van der Waals surface area contributed by atoms with E-state index in [1.54, 1.807) is 12.4 Å². The fraction of sp³-hybridized carbons (Fsp3) is 0.400. The molecule has 0 aromatic carbocycles. The van der Waals surface area contributed by atoms with Crippen molar-refractivity contribution in [2.75, 3.05) is 5.32 Å². The minimum atomic E-state index is -0.00283. The van der Waals surface area contributed by atoms with Crippen LogP contribution in [0.2, 0.25) is 0 Å². The van der Waals surface area contributed by atoms with Gasteiger partial charge < -0.3 is 11.1 Å². The van der Waals surface area contributed by atoms with Crippen molar-refractivity contribution in [3.05, 3.63) is 36.5 Å². The number of rotatable bonds is 3. The van der Waals surface area contributed by atoms with Crippen LogP contribution >= 0.6 is 24.8 Å². The van der Waals surface area contributed by atoms with E-state index >= 15 is 0 Å². The number of carbonyl (C=O) groups is 1. The highest BCUT2D eigenvalue weighted by molar-refractivity contribution is 5.94. The molecule has 2 aromatic heterocycles. The average Bonchev–Trinajstić information content (AvgIpc) is 3.08. The van der Waals surface area contributed by atoms with Gasteiger partial charge >= 0.3 is 0 Å². The van der Waals surface area contributed by atoms with Gasteiger partial charge in [-0.15, -0.1) is 24.8 Å². The lowest BCUT2D eigenvalue weighted by Crippen LogP contribution is -2.24. The summed E-state index contributed by atoms with van der Waals surface area (Å²) in [6, 6.07) is 3.81. The smallest absolute Gasteiger partial charge is 0.227 e. The zero-order chi connectivity index (χ0) is 14.8. The van der Waals surface area contributed by atoms with E-state index in [0.29, 0.717) is 11.5 Å². The Morgan fingerprint density at radius 1 is 1.30 bits per heavy atom. The molecule has 0 radical (unpaired) electrons. The van der Waals surface area contributed by atoms with Gasteiger partial charge in [-0.1, -0.05) is 0 Å². The number of halogens is 2. The van der Waals surface area contributed by atoms with Gasteiger partial charge in [0.1, 0.15) is 5.82 Å². The molecule has 0 spiro atoms. The number of hydrogen-bond acceptors (Lipinski definition) is 4. The zero-order valence-electron chi connectivity index (χ0n) is 12.8. The second-order valence-electron chi connectivity index (χ2n) is 5.48. The van der Waals surface area contributed by atoms with Gasteiger partial charge in [-0.25, -0.2) is 9.97 Å². The van der Waals surface area contributed by atoms with Crippen LogP contribution in [0.1, 0.15) is 25.1 Å². The number of aryl methyl sites for hydroxylation is 1. The SMILES string of the molecule is Cc1nccn1-c1ncccc1NC(=O)C1CCC(N)C1.Cl.Cl. The Balaban J connectivity index is 0.00000132. The lowest BCUT2D eigenvalue weighted by atomic mass is 10.1. The van der Waals surface area contributed by atoms with E-state index in [4.69, 9.17) is 5.73 Å². The fourth-order valence-corrected chi connectivity index (χ4v) is 2.78. The van der Waals surface area contributed by atoms with E-state index in [-0.39, 0.29) is 42.7 Å². The Morgan fingerprint density at radius 2 is 2.09 bits per heavy atom. The molecule has 0 bridgehead atoms. The topological polar surface area (TPSA) is 85.8 Å². The van der Waals surface area contributed by atoms with Gasteiger partial charge in [-0.2, -0.15) is 0 Å². The van der Waals surface area contributed by atoms with Crippen LogP contribution in [0.5, 0.6) is 0 Å². The largest absolute Gasteiger partial charge is 0.328 e. The number of nitrogens with zero attached hydrogens (tertiary/aromatic N) is 3. The maximum atomic E-state index is 12.3. The first-order valence-corrected chi connectivity index (χ1v) is 7.17. The number of amides is 1. The molecule has 1 saturated carbocycles. The van der Waals surface area contributed by atoms with Crippen LogP contribution in [-0.2, 0) is 4.79 Å². The molecule has 1 fully saturated rings. The van der Waals surface area contributed by atoms with Crippen LogP contribution in [0.3, 0.4) is 0 Å². The number of pyridine rings is 1. The van der Waals surface area contributed by atoms with Crippen molar-refractivity contribution in [2.24, 2.45) is 11.7 Å². The van der Waals surface area contributed by atoms with Gasteiger partial charge in [0.15, 0.2) is 5.82 Å². The normalized spacial score (nSPS) is 19.6. The Hall–Kier alpha value is -1.63. The summed E-state index contributed by atoms with van der Waals surface area (Å²) in [5.74, 6) is 1.53. The second kappa shape index (κ2) is 8.29. The van der Waals surface area contributed by atoms with Crippen molar-refractivity contribution in [3.8, 4) is 5.82 Å². The predicted octanol–water partition coefficient (Wildman–Crippen LogP) is 2.49. The number of carbonyl (C=O) groups excluding carboxylic acids is 1. The molecule has 0 saturated heterocycles. The minimum absolute atomic E-state index is 0. The molecular formula is C15H21Cl2N5O. The van der Waals surface area contributed by atoms with Crippen molar-refractivity contribution in [3.63, 3.8) is 0 Å². The third-order valence-electron chi connectivity index (χ3n) is 3.94. The molecule has 6 nitrogen and oxygen atoms in total. The first kappa shape index (κ1) is 19.4. The van der Waals surface area contributed by atoms with Crippen LogP contribution in [0.25, 0.3) is 5.82 Å². The molecule has 2 unspecified atom stereocenters. The Kier molecular flexibility index (Phi) is 7.00. The fourth-order valence-electron chi connectivity index (χ4n) is 2.78. The standard InChI is InChI=1S/C15H19N5O.2ClH/c1-10-17-7-8-20(10)14-13(3-2-6-18-14)19-15(21)11-4-5-12(16)9-11;;/h2-3,6-8,11-12H,4-5,9,16H2,1H3,(H,19,21);2*1H. The molecule has 126 valence electrons. The van der Waals surface area contributed by atoms with Crippen molar-refractivity contribution >= 4 is 36.4 Å². The van der Waals surface area contributed by atoms with Gasteiger partial charge in [0.2, 0.25) is 5.91 Å². The van der Waals surface area contributed by atoms with Crippen molar-refractivity contribution in [1.82, 2.24) is 14.5 Å². The third-order valence-corrected chi connectivity index (χ3v) is 3.94. The summed E-state index contributed by atoms with van der Waals surface area (Å²) in [7, 11) is 0. The molecule has 8 heteroatoms. The number of imidazole rings is 1. The summed E-state index contributed by atoms with van der Waals surface area (Å²) < 4.78 is 1.86. The molecule has 23 heavy (non-hydrogen) atoms. The molecule has 3 rings (SSSR count). The van der Waals surface area contributed by atoms with Crippen LogP contribution in [-0.4, -0.2) is 26.5 Å². The molecule has 0 aliphatic heterocycles. The summed E-state index contributed by atoms with van der Waals surface area (Å²) in [6.07, 6.45) is 7.77. The minimum Gasteiger partial charge on any atom is -0.328 e. The number of nitrogens with one attached hydrogen (secondary N) is 1. The highest BCUT2D eigenvalue weighted by Crippen LogP contribution is 2.26. The molecular weight excluding hydrogens is 337 g/mol. The molecule has 1 aliphatic carbocycles. The molecule has 2 aromatic rings. The van der Waals surface area contributed by atoms with E-state index in [0.717, 1.165) is 25.1 Å². The van der Waals surface area contributed by atoms with Crippen molar-refractivity contribution in [2.45, 2.75) is 32.2 Å². The van der Waals surface area contributed by atoms with Crippen molar-refractivity contribution in [1.29, 1.82) is 0 Å². The lowest BCUT2D eigenvalue weighted by Gasteiger charge is -2.14. The number of aromatic nitrogens is 3. The Labute approximate surface area is 147 Å². The van der Waals surface area contributed by atoms with Crippen molar-refractivity contribution < 1.29 is 4.79 Å². The third kappa shape index (κ3) is 4.22. The van der Waals surface area contributed by atoms with Gasteiger partial charge in [0, 0.05) is 30.6 Å². The van der Waals surface area contributed by atoms with E-state index in [1.165, 1.54) is 0 Å². The van der Waals surface area contributed by atoms with Crippen LogP contribution in [0.15, 0.2) is 30.7 Å². The molecule has 1 amide bonds. The Morgan fingerprint density at radius 3 is 2.70 bits per heavy atom. The van der Waals surface area contributed by atoms with Gasteiger partial charge in [-0.3, -0.25) is 9.36 Å². The van der Waals surface area contributed by atoms with Gasteiger partial charge in [0.05, 0.1) is 5.69 Å². The molecule has 2 heterocycles. The lowest BCUT2D eigenvalue weighted by molar-refractivity contribution is -0.119. The van der Waals surface area contributed by atoms with Crippen LogP contribution < -0.4 is 11.1 Å². The summed E-state index contributed by atoms with van der Waals surface area (Å²) in [5, 5.41) is 2.98. The second-order valence-corrected chi connectivity index (χ2v) is 5.48. The maximum absolute atomic E-state index is 12.3. The van der Waals surface area contributed by atoms with Gasteiger partial charge in [0.25, 0.3) is 0 Å². The monoisotopic (exact) mass is 357 g/mol. The van der Waals surface area contributed by atoms with E-state index in [1.807, 2.05) is 29.8 Å². The number of hydrogen-bond donors (Lipinski definition) is 2. The predicted molar refractivity (Wildman–Crippen MR) is 94.5 cm³/mol. The average molecular weight is 358 g/mol. The van der Waals surface area contributed by atoms with E-state index < -0.39 is 0 Å².